The Morgan fingerprint density at radius 1 is 1.33 bits per heavy atom. The predicted molar refractivity (Wildman–Crippen MR) is 89.1 cm³/mol. The summed E-state index contributed by atoms with van der Waals surface area (Å²) in [6, 6.07) is 6.12. The molecule has 0 bridgehead atoms. The molecule has 1 aliphatic rings. The second-order valence-electron chi connectivity index (χ2n) is 5.63. The minimum Gasteiger partial charge on any atom is -0.496 e. The number of hydrogen-bond donors (Lipinski definition) is 0. The van der Waals surface area contributed by atoms with E-state index in [0.717, 1.165) is 22.3 Å². The number of ketones is 1. The van der Waals surface area contributed by atoms with Crippen LogP contribution in [0.4, 0.5) is 0 Å². The van der Waals surface area contributed by atoms with Gasteiger partial charge in [-0.05, 0) is 53.5 Å². The van der Waals surface area contributed by atoms with Crippen molar-refractivity contribution in [2.75, 3.05) is 20.2 Å². The second-order valence-corrected chi connectivity index (χ2v) is 6.48. The highest BCUT2D eigenvalue weighted by atomic mass is 79.9. The summed E-state index contributed by atoms with van der Waals surface area (Å²) in [5.41, 5.74) is 0.747. The fourth-order valence-electron chi connectivity index (χ4n) is 3.06. The maximum Gasteiger partial charge on any atom is 0.176 e. The summed E-state index contributed by atoms with van der Waals surface area (Å²) in [7, 11) is 1.63. The smallest absolute Gasteiger partial charge is 0.176 e. The lowest BCUT2D eigenvalue weighted by molar-refractivity contribution is 0.0868. The maximum atomic E-state index is 12.5. The van der Waals surface area contributed by atoms with Crippen LogP contribution >= 0.6 is 15.9 Å². The third-order valence-electron chi connectivity index (χ3n) is 4.32. The van der Waals surface area contributed by atoms with Gasteiger partial charge in [-0.15, -0.1) is 0 Å². The normalized spacial score (nSPS) is 16.2. The molecule has 3 nitrogen and oxygen atoms in total. The number of likely N-dealkylation sites (N-methyl/N-ethyl adjacent to an activating group) is 1. The molecule has 0 spiro atoms. The van der Waals surface area contributed by atoms with Gasteiger partial charge in [-0.3, -0.25) is 9.69 Å². The summed E-state index contributed by atoms with van der Waals surface area (Å²) < 4.78 is 6.04. The second kappa shape index (κ2) is 7.95. The Hall–Kier alpha value is -0.870. The van der Waals surface area contributed by atoms with Crippen molar-refractivity contribution in [2.24, 2.45) is 0 Å². The molecule has 0 saturated heterocycles. The summed E-state index contributed by atoms with van der Waals surface area (Å²) in [5.74, 6) is 0.942. The summed E-state index contributed by atoms with van der Waals surface area (Å²) in [6.07, 6.45) is 6.39. The molecule has 0 atom stereocenters. The van der Waals surface area contributed by atoms with Gasteiger partial charge in [0, 0.05) is 11.6 Å². The number of ether oxygens (including phenoxy) is 1. The van der Waals surface area contributed by atoms with Crippen LogP contribution in [-0.4, -0.2) is 36.9 Å². The Labute approximate surface area is 135 Å². The molecule has 4 heteroatoms. The summed E-state index contributed by atoms with van der Waals surface area (Å²) in [6.45, 7) is 3.60. The van der Waals surface area contributed by atoms with E-state index in [1.807, 2.05) is 18.2 Å². The van der Waals surface area contributed by atoms with Gasteiger partial charge in [0.1, 0.15) is 5.75 Å². The Kier molecular flexibility index (Phi) is 6.24. The molecule has 1 fully saturated rings. The summed E-state index contributed by atoms with van der Waals surface area (Å²) >= 11 is 3.44. The molecule has 0 amide bonds. The van der Waals surface area contributed by atoms with Gasteiger partial charge in [0.15, 0.2) is 5.78 Å². The van der Waals surface area contributed by atoms with Gasteiger partial charge in [0.2, 0.25) is 0 Å². The van der Waals surface area contributed by atoms with Gasteiger partial charge in [0.05, 0.1) is 18.1 Å². The van der Waals surface area contributed by atoms with Crippen LogP contribution in [0.25, 0.3) is 0 Å². The first-order valence-electron chi connectivity index (χ1n) is 7.76. The number of nitrogens with zero attached hydrogens (tertiary/aromatic N) is 1. The molecule has 0 aliphatic heterocycles. The molecule has 1 aromatic carbocycles. The van der Waals surface area contributed by atoms with E-state index in [9.17, 15) is 4.79 Å². The molecule has 1 saturated carbocycles. The van der Waals surface area contributed by atoms with Crippen molar-refractivity contribution in [3.05, 3.63) is 28.2 Å². The Morgan fingerprint density at radius 2 is 2.05 bits per heavy atom. The van der Waals surface area contributed by atoms with Crippen LogP contribution in [0.5, 0.6) is 5.75 Å². The predicted octanol–water partition coefficient (Wildman–Crippen LogP) is 4.30. The molecule has 0 N–H and O–H groups in total. The van der Waals surface area contributed by atoms with Crippen LogP contribution < -0.4 is 4.74 Å². The van der Waals surface area contributed by atoms with Crippen molar-refractivity contribution >= 4 is 21.7 Å². The fraction of sp³-hybridized carbons (Fsp3) is 0.588. The molecule has 21 heavy (non-hydrogen) atoms. The van der Waals surface area contributed by atoms with E-state index in [1.54, 1.807) is 7.11 Å². The van der Waals surface area contributed by atoms with E-state index in [2.05, 4.69) is 27.8 Å². The van der Waals surface area contributed by atoms with E-state index in [-0.39, 0.29) is 5.78 Å². The number of methoxy groups -OCH3 is 1. The van der Waals surface area contributed by atoms with E-state index in [0.29, 0.717) is 12.6 Å². The van der Waals surface area contributed by atoms with Crippen LogP contribution in [0.15, 0.2) is 22.7 Å². The van der Waals surface area contributed by atoms with Crippen molar-refractivity contribution in [3.8, 4) is 5.75 Å². The number of carbonyl (C=O) groups excluding carboxylic acids is 1. The first kappa shape index (κ1) is 16.5. The summed E-state index contributed by atoms with van der Waals surface area (Å²) in [5, 5.41) is 0. The molecule has 116 valence electrons. The van der Waals surface area contributed by atoms with E-state index < -0.39 is 0 Å². The zero-order valence-electron chi connectivity index (χ0n) is 12.9. The van der Waals surface area contributed by atoms with Crippen molar-refractivity contribution in [1.29, 1.82) is 0 Å². The average Bonchev–Trinajstić information content (AvgIpc) is 2.53. The first-order chi connectivity index (χ1) is 10.2. The van der Waals surface area contributed by atoms with Crippen LogP contribution in [0.1, 0.15) is 49.4 Å². The first-order valence-corrected chi connectivity index (χ1v) is 8.55. The highest BCUT2D eigenvalue weighted by molar-refractivity contribution is 9.10. The molecule has 0 unspecified atom stereocenters. The van der Waals surface area contributed by atoms with Crippen molar-refractivity contribution in [2.45, 2.75) is 45.1 Å². The number of Topliss-reactive ketones (excluding diaryl/α,β-unsaturated/α-hetero) is 1. The van der Waals surface area contributed by atoms with Crippen LogP contribution in [0, 0.1) is 0 Å². The van der Waals surface area contributed by atoms with Gasteiger partial charge in [-0.1, -0.05) is 26.2 Å². The SMILES string of the molecule is CCN(CC(=O)c1ccc(OC)c(Br)c1)C1CCCCC1. The van der Waals surface area contributed by atoms with Crippen molar-refractivity contribution < 1.29 is 9.53 Å². The zero-order chi connectivity index (χ0) is 15.2. The summed E-state index contributed by atoms with van der Waals surface area (Å²) in [4.78, 5) is 14.8. The van der Waals surface area contributed by atoms with Gasteiger partial charge in [-0.2, -0.15) is 0 Å². The van der Waals surface area contributed by atoms with Crippen LogP contribution in [0.2, 0.25) is 0 Å². The quantitative estimate of drug-likeness (QED) is 0.714. The third kappa shape index (κ3) is 4.30. The van der Waals surface area contributed by atoms with E-state index in [4.69, 9.17) is 4.74 Å². The Balaban J connectivity index is 2.03. The van der Waals surface area contributed by atoms with Crippen LogP contribution in [-0.2, 0) is 0 Å². The minimum absolute atomic E-state index is 0.186. The Morgan fingerprint density at radius 3 is 2.62 bits per heavy atom. The number of halogens is 1. The number of carbonyl (C=O) groups is 1. The van der Waals surface area contributed by atoms with Gasteiger partial charge < -0.3 is 4.74 Å². The average molecular weight is 354 g/mol. The van der Waals surface area contributed by atoms with Gasteiger partial charge in [0.25, 0.3) is 0 Å². The molecule has 1 aromatic rings. The van der Waals surface area contributed by atoms with Gasteiger partial charge >= 0.3 is 0 Å². The molecular weight excluding hydrogens is 330 g/mol. The number of hydrogen-bond acceptors (Lipinski definition) is 3. The maximum absolute atomic E-state index is 12.5. The van der Waals surface area contributed by atoms with Crippen molar-refractivity contribution in [3.63, 3.8) is 0 Å². The lowest BCUT2D eigenvalue weighted by atomic mass is 9.94. The molecule has 0 heterocycles. The molecule has 0 aromatic heterocycles. The fourth-order valence-corrected chi connectivity index (χ4v) is 3.60. The van der Waals surface area contributed by atoms with E-state index in [1.165, 1.54) is 32.1 Å². The molecule has 1 aliphatic carbocycles. The molecule has 0 radical (unpaired) electrons. The highest BCUT2D eigenvalue weighted by Crippen LogP contribution is 2.26. The molecular formula is C17H24BrNO2. The lowest BCUT2D eigenvalue weighted by Crippen LogP contribution is -2.40. The lowest BCUT2D eigenvalue weighted by Gasteiger charge is -2.33. The largest absolute Gasteiger partial charge is 0.496 e. The topological polar surface area (TPSA) is 29.5 Å². The minimum atomic E-state index is 0.186. The molecule has 2 rings (SSSR count). The van der Waals surface area contributed by atoms with Crippen LogP contribution in [0.3, 0.4) is 0 Å². The number of benzene rings is 1. The monoisotopic (exact) mass is 353 g/mol. The Bertz CT molecular complexity index is 484. The third-order valence-corrected chi connectivity index (χ3v) is 4.94. The standard InChI is InChI=1S/C17H24BrNO2/c1-3-19(14-7-5-4-6-8-14)12-16(20)13-9-10-17(21-2)15(18)11-13/h9-11,14H,3-8,12H2,1-2H3. The highest BCUT2D eigenvalue weighted by Gasteiger charge is 2.22. The van der Waals surface area contributed by atoms with Crippen molar-refractivity contribution in [1.82, 2.24) is 4.90 Å². The van der Waals surface area contributed by atoms with E-state index >= 15 is 0 Å². The zero-order valence-corrected chi connectivity index (χ0v) is 14.5. The number of rotatable bonds is 6. The van der Waals surface area contributed by atoms with Gasteiger partial charge in [-0.25, -0.2) is 0 Å².